The molecule has 1 aliphatic heterocycles. The van der Waals surface area contributed by atoms with Crippen LogP contribution in [0.25, 0.3) is 0 Å². The lowest BCUT2D eigenvalue weighted by atomic mass is 9.84. The third kappa shape index (κ3) is 4.74. The van der Waals surface area contributed by atoms with Gasteiger partial charge in [-0.1, -0.05) is 18.2 Å². The summed E-state index contributed by atoms with van der Waals surface area (Å²) in [4.78, 5) is 39.9. The van der Waals surface area contributed by atoms with E-state index < -0.39 is 46.9 Å². The number of alkyl halides is 6. The average Bonchev–Trinajstić information content (AvgIpc) is 3.06. The molecule has 4 rings (SSSR count). The van der Waals surface area contributed by atoms with Crippen LogP contribution < -0.4 is 14.4 Å². The highest BCUT2D eigenvalue weighted by Gasteiger charge is 2.56. The van der Waals surface area contributed by atoms with Gasteiger partial charge in [-0.3, -0.25) is 9.59 Å². The number of anilines is 1. The van der Waals surface area contributed by atoms with Gasteiger partial charge in [0.1, 0.15) is 11.5 Å². The maximum Gasteiger partial charge on any atom is 0.426 e. The molecule has 0 saturated carbocycles. The van der Waals surface area contributed by atoms with E-state index in [-0.39, 0.29) is 22.7 Å². The molecule has 192 valence electrons. The predicted octanol–water partition coefficient (Wildman–Crippen LogP) is 6.13. The number of hydrogen-bond donors (Lipinski definition) is 0. The average molecular weight is 523 g/mol. The van der Waals surface area contributed by atoms with Crippen LogP contribution in [0.4, 0.5) is 36.8 Å². The Labute approximate surface area is 205 Å². The first-order chi connectivity index (χ1) is 17.2. The Morgan fingerprint density at radius 1 is 0.730 bits per heavy atom. The summed E-state index contributed by atoms with van der Waals surface area (Å²) in [6.07, 6.45) is -10.5. The molecule has 0 saturated heterocycles. The summed E-state index contributed by atoms with van der Waals surface area (Å²) in [6, 6.07) is 12.1. The van der Waals surface area contributed by atoms with Crippen molar-refractivity contribution in [1.82, 2.24) is 0 Å². The molecular formula is C25H15F6NO5. The number of ether oxygens (including phenoxy) is 2. The van der Waals surface area contributed by atoms with E-state index in [4.69, 9.17) is 9.47 Å². The number of nitrogens with zero attached hydrogens (tertiary/aromatic N) is 1. The van der Waals surface area contributed by atoms with Crippen molar-refractivity contribution in [3.8, 4) is 11.5 Å². The van der Waals surface area contributed by atoms with E-state index in [9.17, 15) is 40.7 Å². The highest BCUT2D eigenvalue weighted by molar-refractivity contribution is 6.28. The lowest BCUT2D eigenvalue weighted by Crippen LogP contribution is -2.48. The second-order valence-electron chi connectivity index (χ2n) is 8.08. The quantitative estimate of drug-likeness (QED) is 0.179. The van der Waals surface area contributed by atoms with Crippen LogP contribution in [0, 0.1) is 0 Å². The first kappa shape index (κ1) is 25.7. The summed E-state index contributed by atoms with van der Waals surface area (Å²) in [5, 5.41) is 0. The van der Waals surface area contributed by atoms with Crippen LogP contribution in [0.5, 0.6) is 11.5 Å². The molecule has 0 spiro atoms. The van der Waals surface area contributed by atoms with E-state index in [1.165, 1.54) is 31.2 Å². The van der Waals surface area contributed by atoms with E-state index in [1.54, 1.807) is 0 Å². The third-order valence-corrected chi connectivity index (χ3v) is 5.68. The topological polar surface area (TPSA) is 72.9 Å². The number of hydrogen-bond acceptors (Lipinski definition) is 5. The maximum absolute atomic E-state index is 13.3. The fourth-order valence-electron chi connectivity index (χ4n) is 3.70. The number of fused-ring (bicyclic) bond motifs is 1. The molecule has 2 amide bonds. The fourth-order valence-corrected chi connectivity index (χ4v) is 3.70. The number of benzene rings is 3. The van der Waals surface area contributed by atoms with Crippen LogP contribution in [0.15, 0.2) is 72.8 Å². The van der Waals surface area contributed by atoms with E-state index in [0.717, 1.165) is 24.3 Å². The van der Waals surface area contributed by atoms with Gasteiger partial charge >= 0.3 is 24.4 Å². The Morgan fingerprint density at radius 3 is 1.68 bits per heavy atom. The van der Waals surface area contributed by atoms with Crippen LogP contribution in [0.2, 0.25) is 0 Å². The van der Waals surface area contributed by atoms with Crippen molar-refractivity contribution in [2.75, 3.05) is 4.90 Å². The molecule has 0 radical (unpaired) electrons. The van der Waals surface area contributed by atoms with Gasteiger partial charge in [0.25, 0.3) is 5.91 Å². The molecular weight excluding hydrogens is 508 g/mol. The molecule has 37 heavy (non-hydrogen) atoms. The number of halogens is 6. The van der Waals surface area contributed by atoms with Gasteiger partial charge < -0.3 is 9.47 Å². The molecule has 0 aliphatic carbocycles. The molecule has 3 aromatic rings. The summed E-state index contributed by atoms with van der Waals surface area (Å²) < 4.78 is 87.0. The zero-order valence-corrected chi connectivity index (χ0v) is 18.7. The number of imide groups is 1. The summed E-state index contributed by atoms with van der Waals surface area (Å²) in [5.41, 5.74) is -4.01. The van der Waals surface area contributed by atoms with Gasteiger partial charge in [0, 0.05) is 5.56 Å². The minimum atomic E-state index is -4.61. The fraction of sp³-hybridized carbons (Fsp3) is 0.160. The lowest BCUT2D eigenvalue weighted by Gasteiger charge is -2.21. The molecule has 0 unspecified atom stereocenters. The van der Waals surface area contributed by atoms with Crippen LogP contribution in [0.3, 0.4) is 0 Å². The van der Waals surface area contributed by atoms with Crippen LogP contribution >= 0.6 is 0 Å². The van der Waals surface area contributed by atoms with Gasteiger partial charge in [-0.2, -0.15) is 26.3 Å². The van der Waals surface area contributed by atoms with Crippen LogP contribution in [-0.2, 0) is 27.4 Å². The highest BCUT2D eigenvalue weighted by atomic mass is 19.4. The van der Waals surface area contributed by atoms with Gasteiger partial charge in [-0.05, 0) is 61.5 Å². The first-order valence-electron chi connectivity index (χ1n) is 10.5. The van der Waals surface area contributed by atoms with Crippen molar-refractivity contribution in [3.05, 3.63) is 89.5 Å². The minimum absolute atomic E-state index is 0.0312. The summed E-state index contributed by atoms with van der Waals surface area (Å²) in [5.74, 6) is -2.81. The van der Waals surface area contributed by atoms with Gasteiger partial charge in [0.05, 0.1) is 16.8 Å². The van der Waals surface area contributed by atoms with E-state index in [0.29, 0.717) is 29.2 Å². The Bertz CT molecular complexity index is 1370. The third-order valence-electron chi connectivity index (χ3n) is 5.68. The Balaban J connectivity index is 1.59. The van der Waals surface area contributed by atoms with E-state index in [2.05, 4.69) is 0 Å². The highest BCUT2D eigenvalue weighted by Crippen LogP contribution is 2.43. The molecule has 0 fully saturated rings. The molecule has 0 aromatic heterocycles. The monoisotopic (exact) mass is 523 g/mol. The zero-order chi connectivity index (χ0) is 27.2. The molecule has 1 heterocycles. The van der Waals surface area contributed by atoms with Gasteiger partial charge in [-0.25, -0.2) is 9.69 Å². The van der Waals surface area contributed by atoms with Crippen molar-refractivity contribution in [1.29, 1.82) is 0 Å². The number of rotatable bonds is 3. The summed E-state index contributed by atoms with van der Waals surface area (Å²) >= 11 is 0. The number of para-hydroxylation sites is 1. The Hall–Kier alpha value is -4.35. The Kier molecular flexibility index (Phi) is 6.22. The molecule has 0 bridgehead atoms. The molecule has 6 nitrogen and oxygen atoms in total. The number of amides is 2. The molecule has 1 atom stereocenters. The van der Waals surface area contributed by atoms with Gasteiger partial charge in [0.15, 0.2) is 5.41 Å². The van der Waals surface area contributed by atoms with E-state index >= 15 is 0 Å². The number of esters is 1. The smallest absolute Gasteiger partial charge is 0.425 e. The summed E-state index contributed by atoms with van der Waals surface area (Å²) in [7, 11) is 0. The second-order valence-corrected chi connectivity index (χ2v) is 8.08. The SMILES string of the molecule is C[C@]1(C(=O)Oc2ccc(C(F)(F)F)cc2)C(=O)N(C(=O)Oc2ccc(C(F)(F)F)cc2)c2ccccc21. The van der Waals surface area contributed by atoms with Crippen molar-refractivity contribution in [2.45, 2.75) is 24.7 Å². The molecule has 3 aromatic carbocycles. The van der Waals surface area contributed by atoms with Gasteiger partial charge in [-0.15, -0.1) is 0 Å². The molecule has 1 aliphatic rings. The van der Waals surface area contributed by atoms with Crippen LogP contribution in [-0.4, -0.2) is 18.0 Å². The standard InChI is InChI=1S/C25H15F6NO5/c1-23(21(34)36-16-10-6-14(7-11-16)24(26,27)28)18-4-2-3-5-19(18)32(20(23)33)22(35)37-17-12-8-15(9-13-17)25(29,30)31/h2-13H,1H3/t23-/m1/s1. The van der Waals surface area contributed by atoms with Crippen molar-refractivity contribution >= 4 is 23.7 Å². The molecule has 0 N–H and O–H groups in total. The lowest BCUT2D eigenvalue weighted by molar-refractivity contribution is -0.145. The number of carbonyl (C=O) groups excluding carboxylic acids is 3. The summed E-state index contributed by atoms with van der Waals surface area (Å²) in [6.45, 7) is 1.17. The van der Waals surface area contributed by atoms with E-state index in [1.807, 2.05) is 0 Å². The largest absolute Gasteiger partial charge is 0.426 e. The predicted molar refractivity (Wildman–Crippen MR) is 116 cm³/mol. The normalized spacial score (nSPS) is 17.4. The first-order valence-corrected chi connectivity index (χ1v) is 10.5. The second kappa shape index (κ2) is 8.95. The van der Waals surface area contributed by atoms with Crippen molar-refractivity contribution < 1.29 is 50.2 Å². The molecule has 12 heteroatoms. The van der Waals surface area contributed by atoms with Crippen LogP contribution in [0.1, 0.15) is 23.6 Å². The van der Waals surface area contributed by atoms with Gasteiger partial charge in [0.2, 0.25) is 0 Å². The zero-order valence-electron chi connectivity index (χ0n) is 18.7. The number of carbonyl (C=O) groups is 3. The minimum Gasteiger partial charge on any atom is -0.425 e. The Morgan fingerprint density at radius 2 is 1.19 bits per heavy atom. The van der Waals surface area contributed by atoms with Crippen molar-refractivity contribution in [2.24, 2.45) is 0 Å². The van der Waals surface area contributed by atoms with Crippen molar-refractivity contribution in [3.63, 3.8) is 0 Å². The maximum atomic E-state index is 13.3.